The highest BCUT2D eigenvalue weighted by molar-refractivity contribution is 5.81. The summed E-state index contributed by atoms with van der Waals surface area (Å²) in [6, 6.07) is 8.36. The number of aryl methyl sites for hydroxylation is 2. The van der Waals surface area contributed by atoms with E-state index in [2.05, 4.69) is 17.2 Å². The molecule has 17 heavy (non-hydrogen) atoms. The van der Waals surface area contributed by atoms with Gasteiger partial charge in [0, 0.05) is 25.6 Å². The van der Waals surface area contributed by atoms with Crippen LogP contribution < -0.4 is 5.73 Å². The van der Waals surface area contributed by atoms with Gasteiger partial charge >= 0.3 is 0 Å². The molecule has 2 aromatic rings. The highest BCUT2D eigenvalue weighted by atomic mass is 16.5. The van der Waals surface area contributed by atoms with Crippen molar-refractivity contribution in [3.8, 4) is 0 Å². The van der Waals surface area contributed by atoms with E-state index in [0.717, 1.165) is 18.5 Å². The van der Waals surface area contributed by atoms with Crippen LogP contribution in [-0.2, 0) is 18.2 Å². The van der Waals surface area contributed by atoms with E-state index in [9.17, 15) is 0 Å². The standard InChI is InChI=1S/C13H19N3O/c1-16-13-6-4-3-5-11(13)12(15-16)8-7-10(14)9-17-2/h3-6,10H,7-9,14H2,1-2H3. The quantitative estimate of drug-likeness (QED) is 0.851. The summed E-state index contributed by atoms with van der Waals surface area (Å²) in [6.07, 6.45) is 1.79. The monoisotopic (exact) mass is 233 g/mol. The van der Waals surface area contributed by atoms with Crippen LogP contribution in [0.4, 0.5) is 0 Å². The number of ether oxygens (including phenoxy) is 1. The van der Waals surface area contributed by atoms with Gasteiger partial charge < -0.3 is 10.5 Å². The van der Waals surface area contributed by atoms with Crippen LogP contribution in [0.25, 0.3) is 10.9 Å². The first kappa shape index (κ1) is 12.1. The van der Waals surface area contributed by atoms with Crippen LogP contribution in [0.15, 0.2) is 24.3 Å². The smallest absolute Gasteiger partial charge is 0.0703 e. The lowest BCUT2D eigenvalue weighted by Crippen LogP contribution is -2.26. The van der Waals surface area contributed by atoms with E-state index in [-0.39, 0.29) is 6.04 Å². The molecule has 92 valence electrons. The van der Waals surface area contributed by atoms with Crippen LogP contribution in [0, 0.1) is 0 Å². The van der Waals surface area contributed by atoms with Crippen molar-refractivity contribution in [2.75, 3.05) is 13.7 Å². The summed E-state index contributed by atoms with van der Waals surface area (Å²) in [5, 5.41) is 5.76. The van der Waals surface area contributed by atoms with Crippen LogP contribution in [0.1, 0.15) is 12.1 Å². The Bertz CT molecular complexity index is 492. The summed E-state index contributed by atoms with van der Waals surface area (Å²) in [5.41, 5.74) is 8.21. The Morgan fingerprint density at radius 3 is 2.94 bits per heavy atom. The predicted molar refractivity (Wildman–Crippen MR) is 68.9 cm³/mol. The fraction of sp³-hybridized carbons (Fsp3) is 0.462. The number of methoxy groups -OCH3 is 1. The summed E-state index contributed by atoms with van der Waals surface area (Å²) < 4.78 is 6.96. The lowest BCUT2D eigenvalue weighted by Gasteiger charge is -2.08. The average molecular weight is 233 g/mol. The van der Waals surface area contributed by atoms with E-state index in [1.807, 2.05) is 23.9 Å². The van der Waals surface area contributed by atoms with E-state index in [1.54, 1.807) is 7.11 Å². The topological polar surface area (TPSA) is 53.1 Å². The molecule has 0 amide bonds. The highest BCUT2D eigenvalue weighted by Gasteiger charge is 2.09. The number of benzene rings is 1. The zero-order chi connectivity index (χ0) is 12.3. The van der Waals surface area contributed by atoms with Crippen molar-refractivity contribution >= 4 is 10.9 Å². The second-order valence-electron chi connectivity index (χ2n) is 4.34. The summed E-state index contributed by atoms with van der Waals surface area (Å²) >= 11 is 0. The molecule has 4 nitrogen and oxygen atoms in total. The van der Waals surface area contributed by atoms with Crippen LogP contribution in [0.3, 0.4) is 0 Å². The van der Waals surface area contributed by atoms with Gasteiger partial charge in [-0.1, -0.05) is 18.2 Å². The first-order chi connectivity index (χ1) is 8.22. The van der Waals surface area contributed by atoms with Gasteiger partial charge in [0.15, 0.2) is 0 Å². The van der Waals surface area contributed by atoms with Crippen LogP contribution in [0.2, 0.25) is 0 Å². The maximum Gasteiger partial charge on any atom is 0.0703 e. The fourth-order valence-electron chi connectivity index (χ4n) is 2.09. The third-order valence-corrected chi connectivity index (χ3v) is 2.97. The van der Waals surface area contributed by atoms with E-state index < -0.39 is 0 Å². The molecule has 0 aliphatic heterocycles. The molecule has 1 aromatic carbocycles. The number of hydrogen-bond donors (Lipinski definition) is 1. The van der Waals surface area contributed by atoms with Crippen LogP contribution in [0.5, 0.6) is 0 Å². The number of nitrogens with zero attached hydrogens (tertiary/aromatic N) is 2. The van der Waals surface area contributed by atoms with Crippen molar-refractivity contribution in [2.45, 2.75) is 18.9 Å². The zero-order valence-corrected chi connectivity index (χ0v) is 10.4. The van der Waals surface area contributed by atoms with Gasteiger partial charge in [0.2, 0.25) is 0 Å². The van der Waals surface area contributed by atoms with Crippen molar-refractivity contribution < 1.29 is 4.74 Å². The molecule has 1 unspecified atom stereocenters. The molecule has 0 bridgehead atoms. The Kier molecular flexibility index (Phi) is 3.76. The minimum atomic E-state index is 0.0840. The van der Waals surface area contributed by atoms with E-state index >= 15 is 0 Å². The molecule has 2 rings (SSSR count). The molecular weight excluding hydrogens is 214 g/mol. The van der Waals surface area contributed by atoms with Gasteiger partial charge in [0.1, 0.15) is 0 Å². The Morgan fingerprint density at radius 1 is 1.41 bits per heavy atom. The highest BCUT2D eigenvalue weighted by Crippen LogP contribution is 2.18. The SMILES string of the molecule is COCC(N)CCc1nn(C)c2ccccc12. The first-order valence-electron chi connectivity index (χ1n) is 5.87. The molecule has 1 aromatic heterocycles. The number of fused-ring (bicyclic) bond motifs is 1. The van der Waals surface area contributed by atoms with Crippen LogP contribution >= 0.6 is 0 Å². The maximum atomic E-state index is 5.92. The van der Waals surface area contributed by atoms with Crippen molar-refractivity contribution in [3.63, 3.8) is 0 Å². The van der Waals surface area contributed by atoms with Crippen molar-refractivity contribution in [3.05, 3.63) is 30.0 Å². The number of rotatable bonds is 5. The molecule has 0 aliphatic rings. The summed E-state index contributed by atoms with van der Waals surface area (Å²) in [6.45, 7) is 0.602. The van der Waals surface area contributed by atoms with Crippen molar-refractivity contribution in [2.24, 2.45) is 12.8 Å². The Balaban J connectivity index is 2.13. The second kappa shape index (κ2) is 5.29. The van der Waals surface area contributed by atoms with Gasteiger partial charge in [-0.3, -0.25) is 4.68 Å². The number of nitrogens with two attached hydrogens (primary N) is 1. The van der Waals surface area contributed by atoms with Crippen molar-refractivity contribution in [1.82, 2.24) is 9.78 Å². The van der Waals surface area contributed by atoms with E-state index in [1.165, 1.54) is 10.9 Å². The summed E-state index contributed by atoms with van der Waals surface area (Å²) in [5.74, 6) is 0. The van der Waals surface area contributed by atoms with Gasteiger partial charge in [-0.15, -0.1) is 0 Å². The molecule has 0 saturated heterocycles. The number of hydrogen-bond acceptors (Lipinski definition) is 3. The summed E-state index contributed by atoms with van der Waals surface area (Å²) in [7, 11) is 3.65. The first-order valence-corrected chi connectivity index (χ1v) is 5.87. The Hall–Kier alpha value is -1.39. The van der Waals surface area contributed by atoms with Crippen molar-refractivity contribution in [1.29, 1.82) is 0 Å². The van der Waals surface area contributed by atoms with E-state index in [0.29, 0.717) is 6.61 Å². The predicted octanol–water partition coefficient (Wildman–Crippen LogP) is 1.48. The molecule has 0 aliphatic carbocycles. The molecule has 0 radical (unpaired) electrons. The van der Waals surface area contributed by atoms with Gasteiger partial charge in [-0.2, -0.15) is 5.10 Å². The van der Waals surface area contributed by atoms with Gasteiger partial charge in [0.25, 0.3) is 0 Å². The van der Waals surface area contributed by atoms with Gasteiger partial charge in [-0.05, 0) is 18.9 Å². The molecule has 2 N–H and O–H groups in total. The van der Waals surface area contributed by atoms with Gasteiger partial charge in [-0.25, -0.2) is 0 Å². The molecule has 1 atom stereocenters. The second-order valence-corrected chi connectivity index (χ2v) is 4.34. The molecule has 0 fully saturated rings. The maximum absolute atomic E-state index is 5.92. The van der Waals surface area contributed by atoms with Gasteiger partial charge in [0.05, 0.1) is 17.8 Å². The lowest BCUT2D eigenvalue weighted by atomic mass is 10.1. The minimum absolute atomic E-state index is 0.0840. The minimum Gasteiger partial charge on any atom is -0.383 e. The molecule has 0 spiro atoms. The average Bonchev–Trinajstić information content (AvgIpc) is 2.65. The normalized spacial score (nSPS) is 13.1. The molecular formula is C13H19N3O. The summed E-state index contributed by atoms with van der Waals surface area (Å²) in [4.78, 5) is 0. The van der Waals surface area contributed by atoms with Crippen LogP contribution in [-0.4, -0.2) is 29.5 Å². The molecule has 1 heterocycles. The lowest BCUT2D eigenvalue weighted by molar-refractivity contribution is 0.177. The fourth-order valence-corrected chi connectivity index (χ4v) is 2.09. The largest absolute Gasteiger partial charge is 0.383 e. The molecule has 0 saturated carbocycles. The molecule has 4 heteroatoms. The number of para-hydroxylation sites is 1. The number of aromatic nitrogens is 2. The Labute approximate surface area is 101 Å². The third kappa shape index (κ3) is 2.65. The Morgan fingerprint density at radius 2 is 2.18 bits per heavy atom. The zero-order valence-electron chi connectivity index (χ0n) is 10.4. The third-order valence-electron chi connectivity index (χ3n) is 2.97. The van der Waals surface area contributed by atoms with E-state index in [4.69, 9.17) is 10.5 Å².